The predicted octanol–water partition coefficient (Wildman–Crippen LogP) is 2.17. The summed E-state index contributed by atoms with van der Waals surface area (Å²) >= 11 is 0. The third-order valence-electron chi connectivity index (χ3n) is 1.66. The van der Waals surface area contributed by atoms with Crippen molar-refractivity contribution < 1.29 is 13.3 Å². The maximum Gasteiger partial charge on any atom is 0.134 e. The molecule has 1 nitrogen and oxygen atoms in total. The summed E-state index contributed by atoms with van der Waals surface area (Å²) in [7, 11) is 5.88. The second-order valence-corrected chi connectivity index (χ2v) is 4.18. The van der Waals surface area contributed by atoms with E-state index in [4.69, 9.17) is 0 Å². The summed E-state index contributed by atoms with van der Waals surface area (Å²) in [6.07, 6.45) is 0. The molecule has 0 amide bonds. The van der Waals surface area contributed by atoms with Crippen LogP contribution in [0.4, 0.5) is 8.78 Å². The van der Waals surface area contributed by atoms with Gasteiger partial charge in [0.05, 0.1) is 21.1 Å². The van der Waals surface area contributed by atoms with E-state index in [-0.39, 0.29) is 0 Å². The summed E-state index contributed by atoms with van der Waals surface area (Å²) in [5.41, 5.74) is 0.550. The summed E-state index contributed by atoms with van der Waals surface area (Å²) in [5.74, 6) is -0.990. The van der Waals surface area contributed by atoms with Crippen molar-refractivity contribution in [3.8, 4) is 0 Å². The first kappa shape index (κ1) is 10.1. The highest BCUT2D eigenvalue weighted by Gasteiger charge is 2.12. The lowest BCUT2D eigenvalue weighted by Crippen LogP contribution is -2.33. The Morgan fingerprint density at radius 1 is 1.15 bits per heavy atom. The van der Waals surface area contributed by atoms with Gasteiger partial charge in [0, 0.05) is 11.6 Å². The highest BCUT2D eigenvalue weighted by atomic mass is 19.1. The molecule has 0 saturated carbocycles. The molecule has 0 aliphatic carbocycles. The fourth-order valence-corrected chi connectivity index (χ4v) is 1.16. The highest BCUT2D eigenvalue weighted by molar-refractivity contribution is 5.17. The van der Waals surface area contributed by atoms with Gasteiger partial charge in [-0.1, -0.05) is 0 Å². The Labute approximate surface area is 77.2 Å². The second-order valence-electron chi connectivity index (χ2n) is 4.18. The second kappa shape index (κ2) is 3.42. The molecule has 3 heteroatoms. The molecular weight excluding hydrogens is 172 g/mol. The zero-order valence-electron chi connectivity index (χ0n) is 8.14. The third kappa shape index (κ3) is 3.11. The molecule has 13 heavy (non-hydrogen) atoms. The predicted molar refractivity (Wildman–Crippen MR) is 48.1 cm³/mol. The van der Waals surface area contributed by atoms with Gasteiger partial charge in [-0.2, -0.15) is 0 Å². The van der Waals surface area contributed by atoms with Crippen molar-refractivity contribution in [3.05, 3.63) is 35.4 Å². The normalized spacial score (nSPS) is 11.8. The number of benzene rings is 1. The molecule has 1 rings (SSSR count). The van der Waals surface area contributed by atoms with Crippen LogP contribution in [0, 0.1) is 11.6 Å². The van der Waals surface area contributed by atoms with E-state index in [1.807, 2.05) is 21.1 Å². The molecule has 0 saturated heterocycles. The van der Waals surface area contributed by atoms with Gasteiger partial charge in [0.25, 0.3) is 0 Å². The molecule has 1 aromatic carbocycles. The van der Waals surface area contributed by atoms with Crippen molar-refractivity contribution >= 4 is 0 Å². The van der Waals surface area contributed by atoms with E-state index in [0.717, 1.165) is 6.07 Å². The summed E-state index contributed by atoms with van der Waals surface area (Å²) in [5, 5.41) is 0. The molecule has 0 bridgehead atoms. The minimum Gasteiger partial charge on any atom is -0.327 e. The zero-order chi connectivity index (χ0) is 10.1. The van der Waals surface area contributed by atoms with Crippen LogP contribution in [-0.2, 0) is 6.54 Å². The molecule has 72 valence electrons. The van der Waals surface area contributed by atoms with Crippen molar-refractivity contribution in [1.29, 1.82) is 0 Å². The lowest BCUT2D eigenvalue weighted by atomic mass is 10.2. The Morgan fingerprint density at radius 3 is 2.23 bits per heavy atom. The molecular formula is C10H14F2N+. The molecule has 0 aliphatic heterocycles. The first-order chi connectivity index (χ1) is 5.88. The van der Waals surface area contributed by atoms with E-state index >= 15 is 0 Å². The summed E-state index contributed by atoms with van der Waals surface area (Å²) in [4.78, 5) is 0. The molecule has 0 spiro atoms. The van der Waals surface area contributed by atoms with E-state index in [1.54, 1.807) is 0 Å². The van der Waals surface area contributed by atoms with E-state index in [2.05, 4.69) is 0 Å². The maximum absolute atomic E-state index is 13.1. The minimum absolute atomic E-state index is 0.465. The number of hydrogen-bond donors (Lipinski definition) is 0. The SMILES string of the molecule is C[N+](C)(C)Cc1ccc(F)cc1F. The average Bonchev–Trinajstić information content (AvgIpc) is 1.93. The fourth-order valence-electron chi connectivity index (χ4n) is 1.16. The third-order valence-corrected chi connectivity index (χ3v) is 1.66. The van der Waals surface area contributed by atoms with Gasteiger partial charge in [0.2, 0.25) is 0 Å². The van der Waals surface area contributed by atoms with Crippen LogP contribution >= 0.6 is 0 Å². The maximum atomic E-state index is 13.1. The van der Waals surface area contributed by atoms with Crippen LogP contribution < -0.4 is 0 Å². The van der Waals surface area contributed by atoms with Gasteiger partial charge >= 0.3 is 0 Å². The molecule has 1 aromatic rings. The molecule has 0 unspecified atom stereocenters. The van der Waals surface area contributed by atoms with Crippen molar-refractivity contribution in [2.45, 2.75) is 6.54 Å². The standard InChI is InChI=1S/C10H14F2N/c1-13(2,3)7-8-4-5-9(11)6-10(8)12/h4-6H,7H2,1-3H3/q+1. The van der Waals surface area contributed by atoms with Crippen molar-refractivity contribution in [2.24, 2.45) is 0 Å². The average molecular weight is 186 g/mol. The van der Waals surface area contributed by atoms with Crippen LogP contribution in [0.1, 0.15) is 5.56 Å². The van der Waals surface area contributed by atoms with Gasteiger partial charge in [-0.15, -0.1) is 0 Å². The quantitative estimate of drug-likeness (QED) is 0.621. The first-order valence-electron chi connectivity index (χ1n) is 4.13. The Bertz CT molecular complexity index is 302. The molecule has 0 radical (unpaired) electrons. The van der Waals surface area contributed by atoms with Gasteiger partial charge < -0.3 is 4.48 Å². The summed E-state index contributed by atoms with van der Waals surface area (Å²) < 4.78 is 26.3. The molecule has 0 aromatic heterocycles. The summed E-state index contributed by atoms with van der Waals surface area (Å²) in [6, 6.07) is 3.70. The Hall–Kier alpha value is -0.960. The first-order valence-corrected chi connectivity index (χ1v) is 4.13. The molecule has 0 N–H and O–H groups in total. The van der Waals surface area contributed by atoms with Crippen LogP contribution in [-0.4, -0.2) is 25.6 Å². The van der Waals surface area contributed by atoms with Crippen LogP contribution in [0.15, 0.2) is 18.2 Å². The number of halogens is 2. The minimum atomic E-state index is -0.525. The van der Waals surface area contributed by atoms with Crippen molar-refractivity contribution in [2.75, 3.05) is 21.1 Å². The van der Waals surface area contributed by atoms with E-state index < -0.39 is 11.6 Å². The van der Waals surface area contributed by atoms with E-state index in [1.165, 1.54) is 12.1 Å². The van der Waals surface area contributed by atoms with Crippen molar-refractivity contribution in [3.63, 3.8) is 0 Å². The van der Waals surface area contributed by atoms with Gasteiger partial charge in [-0.05, 0) is 12.1 Å². The number of rotatable bonds is 2. The molecule has 0 aliphatic rings. The largest absolute Gasteiger partial charge is 0.327 e. The Balaban J connectivity index is 2.90. The Morgan fingerprint density at radius 2 is 1.77 bits per heavy atom. The smallest absolute Gasteiger partial charge is 0.134 e. The van der Waals surface area contributed by atoms with Crippen LogP contribution in [0.25, 0.3) is 0 Å². The van der Waals surface area contributed by atoms with Crippen LogP contribution in [0.3, 0.4) is 0 Å². The number of hydrogen-bond acceptors (Lipinski definition) is 0. The van der Waals surface area contributed by atoms with E-state index in [9.17, 15) is 8.78 Å². The van der Waals surface area contributed by atoms with Crippen LogP contribution in [0.5, 0.6) is 0 Å². The highest BCUT2D eigenvalue weighted by Crippen LogP contribution is 2.12. The Kier molecular flexibility index (Phi) is 2.66. The topological polar surface area (TPSA) is 0 Å². The fraction of sp³-hybridized carbons (Fsp3) is 0.400. The lowest BCUT2D eigenvalue weighted by Gasteiger charge is -2.24. The zero-order valence-corrected chi connectivity index (χ0v) is 8.14. The monoisotopic (exact) mass is 186 g/mol. The summed E-state index contributed by atoms with van der Waals surface area (Å²) in [6.45, 7) is 0.562. The number of quaternary nitrogens is 1. The lowest BCUT2D eigenvalue weighted by molar-refractivity contribution is -0.884. The van der Waals surface area contributed by atoms with Gasteiger partial charge in [0.15, 0.2) is 0 Å². The number of nitrogens with zero attached hydrogens (tertiary/aromatic N) is 1. The molecule has 0 atom stereocenters. The molecule has 0 fully saturated rings. The molecule has 0 heterocycles. The van der Waals surface area contributed by atoms with Crippen LogP contribution in [0.2, 0.25) is 0 Å². The van der Waals surface area contributed by atoms with Gasteiger partial charge in [-0.25, -0.2) is 8.78 Å². The van der Waals surface area contributed by atoms with Gasteiger partial charge in [0.1, 0.15) is 18.2 Å². The van der Waals surface area contributed by atoms with Gasteiger partial charge in [-0.3, -0.25) is 0 Å². The van der Waals surface area contributed by atoms with E-state index in [0.29, 0.717) is 16.6 Å². The van der Waals surface area contributed by atoms with Crippen molar-refractivity contribution in [1.82, 2.24) is 0 Å².